The fourth-order valence-electron chi connectivity index (χ4n) is 1.94. The highest BCUT2D eigenvalue weighted by Crippen LogP contribution is 2.22. The standard InChI is InChI=1S/C15H18N2O/c1-17(15-5-3-2-4-14(15)16)10-12-6-8-13(11-18)9-7-12/h2-9,18H,10-11,16H2,1H3. The molecule has 0 saturated carbocycles. The first kappa shape index (κ1) is 12.5. The van der Waals surface area contributed by atoms with E-state index in [4.69, 9.17) is 10.8 Å². The molecule has 0 heterocycles. The van der Waals surface area contributed by atoms with Crippen molar-refractivity contribution in [3.05, 3.63) is 59.7 Å². The van der Waals surface area contributed by atoms with Crippen LogP contribution < -0.4 is 10.6 Å². The normalized spacial score (nSPS) is 10.3. The Morgan fingerprint density at radius 3 is 2.22 bits per heavy atom. The number of para-hydroxylation sites is 2. The maximum Gasteiger partial charge on any atom is 0.0681 e. The molecule has 2 aromatic carbocycles. The second-order valence-electron chi connectivity index (χ2n) is 4.39. The van der Waals surface area contributed by atoms with Crippen molar-refractivity contribution < 1.29 is 5.11 Å². The Labute approximate surface area is 107 Å². The molecule has 0 radical (unpaired) electrons. The lowest BCUT2D eigenvalue weighted by Crippen LogP contribution is -2.17. The number of hydrogen-bond acceptors (Lipinski definition) is 3. The highest BCUT2D eigenvalue weighted by molar-refractivity contribution is 5.66. The Hall–Kier alpha value is -2.00. The fraction of sp³-hybridized carbons (Fsp3) is 0.200. The van der Waals surface area contributed by atoms with Crippen molar-refractivity contribution in [3.8, 4) is 0 Å². The third-order valence-electron chi connectivity index (χ3n) is 2.97. The molecule has 0 bridgehead atoms. The summed E-state index contributed by atoms with van der Waals surface area (Å²) < 4.78 is 0. The molecule has 2 rings (SSSR count). The summed E-state index contributed by atoms with van der Waals surface area (Å²) in [6.07, 6.45) is 0. The first-order valence-electron chi connectivity index (χ1n) is 5.95. The van der Waals surface area contributed by atoms with Gasteiger partial charge in [0.2, 0.25) is 0 Å². The first-order chi connectivity index (χ1) is 8.70. The monoisotopic (exact) mass is 242 g/mol. The van der Waals surface area contributed by atoms with E-state index in [-0.39, 0.29) is 6.61 Å². The van der Waals surface area contributed by atoms with Gasteiger partial charge in [0.05, 0.1) is 18.0 Å². The van der Waals surface area contributed by atoms with Gasteiger partial charge in [-0.1, -0.05) is 36.4 Å². The third-order valence-corrected chi connectivity index (χ3v) is 2.97. The number of benzene rings is 2. The van der Waals surface area contributed by atoms with Crippen LogP contribution in [0.4, 0.5) is 11.4 Å². The topological polar surface area (TPSA) is 49.5 Å². The molecule has 0 aromatic heterocycles. The van der Waals surface area contributed by atoms with Crippen LogP contribution in [0.5, 0.6) is 0 Å². The SMILES string of the molecule is CN(Cc1ccc(CO)cc1)c1ccccc1N. The number of anilines is 2. The molecule has 0 aliphatic carbocycles. The van der Waals surface area contributed by atoms with Crippen LogP contribution in [0.3, 0.4) is 0 Å². The van der Waals surface area contributed by atoms with Gasteiger partial charge in [-0.3, -0.25) is 0 Å². The number of nitrogen functional groups attached to an aromatic ring is 1. The van der Waals surface area contributed by atoms with Crippen LogP contribution in [0, 0.1) is 0 Å². The third kappa shape index (κ3) is 2.81. The van der Waals surface area contributed by atoms with Gasteiger partial charge in [0.15, 0.2) is 0 Å². The van der Waals surface area contributed by atoms with Gasteiger partial charge in [0, 0.05) is 13.6 Å². The van der Waals surface area contributed by atoms with Gasteiger partial charge >= 0.3 is 0 Å². The number of aliphatic hydroxyl groups is 1. The van der Waals surface area contributed by atoms with E-state index in [1.807, 2.05) is 55.6 Å². The van der Waals surface area contributed by atoms with Crippen molar-refractivity contribution in [3.63, 3.8) is 0 Å². The largest absolute Gasteiger partial charge is 0.397 e. The maximum atomic E-state index is 9.00. The van der Waals surface area contributed by atoms with Crippen LogP contribution in [0.15, 0.2) is 48.5 Å². The average Bonchev–Trinajstić information content (AvgIpc) is 2.40. The molecule has 2 aromatic rings. The van der Waals surface area contributed by atoms with Gasteiger partial charge in [-0.05, 0) is 23.3 Å². The quantitative estimate of drug-likeness (QED) is 0.809. The van der Waals surface area contributed by atoms with Gasteiger partial charge in [-0.25, -0.2) is 0 Å². The minimum absolute atomic E-state index is 0.0851. The molecule has 3 heteroatoms. The minimum atomic E-state index is 0.0851. The van der Waals surface area contributed by atoms with Gasteiger partial charge in [-0.15, -0.1) is 0 Å². The molecule has 0 aliphatic heterocycles. The van der Waals surface area contributed by atoms with Crippen molar-refractivity contribution >= 4 is 11.4 Å². The predicted molar refractivity (Wildman–Crippen MR) is 75.3 cm³/mol. The molecular weight excluding hydrogens is 224 g/mol. The first-order valence-corrected chi connectivity index (χ1v) is 5.95. The number of nitrogens with two attached hydrogens (primary N) is 1. The summed E-state index contributed by atoms with van der Waals surface area (Å²) in [6.45, 7) is 0.877. The summed E-state index contributed by atoms with van der Waals surface area (Å²) in [5.41, 5.74) is 9.89. The Kier molecular flexibility index (Phi) is 3.85. The number of nitrogens with zero attached hydrogens (tertiary/aromatic N) is 1. The smallest absolute Gasteiger partial charge is 0.0681 e. The molecular formula is C15H18N2O. The Bertz CT molecular complexity index is 508. The molecule has 0 unspecified atom stereocenters. The van der Waals surface area contributed by atoms with Gasteiger partial charge in [0.1, 0.15) is 0 Å². The molecule has 0 spiro atoms. The Morgan fingerprint density at radius 1 is 1.00 bits per heavy atom. The molecule has 94 valence electrons. The summed E-state index contributed by atoms with van der Waals surface area (Å²) in [6, 6.07) is 15.8. The van der Waals surface area contributed by atoms with Crippen LogP contribution in [0.25, 0.3) is 0 Å². The fourth-order valence-corrected chi connectivity index (χ4v) is 1.94. The lowest BCUT2D eigenvalue weighted by Gasteiger charge is -2.21. The van der Waals surface area contributed by atoms with Gasteiger partial charge < -0.3 is 15.7 Å². The average molecular weight is 242 g/mol. The molecule has 3 nitrogen and oxygen atoms in total. The Balaban J connectivity index is 2.11. The second-order valence-corrected chi connectivity index (χ2v) is 4.39. The van der Waals surface area contributed by atoms with E-state index in [1.165, 1.54) is 5.56 Å². The molecule has 3 N–H and O–H groups in total. The van der Waals surface area contributed by atoms with E-state index in [0.717, 1.165) is 23.5 Å². The highest BCUT2D eigenvalue weighted by Gasteiger charge is 2.05. The van der Waals surface area contributed by atoms with E-state index in [0.29, 0.717) is 0 Å². The summed E-state index contributed by atoms with van der Waals surface area (Å²) >= 11 is 0. The zero-order valence-electron chi connectivity index (χ0n) is 10.5. The van der Waals surface area contributed by atoms with E-state index in [9.17, 15) is 0 Å². The summed E-state index contributed by atoms with van der Waals surface area (Å²) in [5.74, 6) is 0. The van der Waals surface area contributed by atoms with Crippen molar-refractivity contribution in [1.29, 1.82) is 0 Å². The van der Waals surface area contributed by atoms with Crippen LogP contribution >= 0.6 is 0 Å². The number of hydrogen-bond donors (Lipinski definition) is 2. The van der Waals surface area contributed by atoms with Crippen molar-refractivity contribution in [2.24, 2.45) is 0 Å². The second kappa shape index (κ2) is 5.56. The van der Waals surface area contributed by atoms with Crippen LogP contribution in [0.2, 0.25) is 0 Å². The molecule has 0 amide bonds. The maximum absolute atomic E-state index is 9.00. The Morgan fingerprint density at radius 2 is 1.61 bits per heavy atom. The minimum Gasteiger partial charge on any atom is -0.397 e. The molecule has 0 aliphatic rings. The molecule has 0 saturated heterocycles. The van der Waals surface area contributed by atoms with Crippen molar-refractivity contribution in [1.82, 2.24) is 0 Å². The van der Waals surface area contributed by atoms with Crippen LogP contribution in [-0.2, 0) is 13.2 Å². The van der Waals surface area contributed by atoms with E-state index in [2.05, 4.69) is 4.90 Å². The zero-order valence-corrected chi connectivity index (χ0v) is 10.5. The van der Waals surface area contributed by atoms with Crippen LogP contribution in [-0.4, -0.2) is 12.2 Å². The van der Waals surface area contributed by atoms with E-state index >= 15 is 0 Å². The van der Waals surface area contributed by atoms with Crippen molar-refractivity contribution in [2.45, 2.75) is 13.2 Å². The zero-order chi connectivity index (χ0) is 13.0. The highest BCUT2D eigenvalue weighted by atomic mass is 16.3. The lowest BCUT2D eigenvalue weighted by atomic mass is 10.1. The molecule has 18 heavy (non-hydrogen) atoms. The van der Waals surface area contributed by atoms with Gasteiger partial charge in [-0.2, -0.15) is 0 Å². The van der Waals surface area contributed by atoms with Crippen molar-refractivity contribution in [2.75, 3.05) is 17.7 Å². The molecule has 0 atom stereocenters. The van der Waals surface area contributed by atoms with Gasteiger partial charge in [0.25, 0.3) is 0 Å². The van der Waals surface area contributed by atoms with E-state index in [1.54, 1.807) is 0 Å². The lowest BCUT2D eigenvalue weighted by molar-refractivity contribution is 0.282. The summed E-state index contributed by atoms with van der Waals surface area (Å²) in [7, 11) is 2.02. The predicted octanol–water partition coefficient (Wildman–Crippen LogP) is 2.40. The number of rotatable bonds is 4. The van der Waals surface area contributed by atoms with Crippen LogP contribution in [0.1, 0.15) is 11.1 Å². The summed E-state index contributed by atoms with van der Waals surface area (Å²) in [4.78, 5) is 2.11. The number of aliphatic hydroxyl groups excluding tert-OH is 1. The molecule has 0 fully saturated rings. The van der Waals surface area contributed by atoms with E-state index < -0.39 is 0 Å². The summed E-state index contributed by atoms with van der Waals surface area (Å²) in [5, 5.41) is 9.00.